The van der Waals surface area contributed by atoms with Gasteiger partial charge in [0.05, 0.1) is 6.54 Å². The summed E-state index contributed by atoms with van der Waals surface area (Å²) in [5, 5.41) is 15.0. The lowest BCUT2D eigenvalue weighted by atomic mass is 10.2. The Morgan fingerprint density at radius 1 is 1.33 bits per heavy atom. The molecule has 1 aromatic carbocycles. The van der Waals surface area contributed by atoms with Crippen LogP contribution < -0.4 is 15.4 Å². The summed E-state index contributed by atoms with van der Waals surface area (Å²) in [5.74, 6) is 2.88. The predicted octanol–water partition coefficient (Wildman–Crippen LogP) is 2.28. The highest BCUT2D eigenvalue weighted by Crippen LogP contribution is 2.15. The number of guanidine groups is 1. The van der Waals surface area contributed by atoms with E-state index in [9.17, 15) is 4.39 Å². The monoisotopic (exact) mass is 374 g/mol. The first-order valence-electron chi connectivity index (χ1n) is 9.55. The maximum absolute atomic E-state index is 13.3. The first kappa shape index (κ1) is 19.1. The van der Waals surface area contributed by atoms with Crippen LogP contribution in [-0.2, 0) is 19.5 Å². The van der Waals surface area contributed by atoms with E-state index >= 15 is 0 Å². The van der Waals surface area contributed by atoms with Gasteiger partial charge in [-0.05, 0) is 31.9 Å². The molecule has 0 spiro atoms. The van der Waals surface area contributed by atoms with E-state index in [0.29, 0.717) is 24.8 Å². The van der Waals surface area contributed by atoms with E-state index in [1.54, 1.807) is 12.1 Å². The Labute approximate surface area is 159 Å². The molecular weight excluding hydrogens is 347 g/mol. The molecule has 0 saturated heterocycles. The van der Waals surface area contributed by atoms with Crippen molar-refractivity contribution in [2.45, 2.75) is 52.3 Å². The van der Waals surface area contributed by atoms with E-state index in [1.807, 2.05) is 13.8 Å². The summed E-state index contributed by atoms with van der Waals surface area (Å²) in [4.78, 5) is 4.62. The van der Waals surface area contributed by atoms with Crippen LogP contribution in [0.15, 0.2) is 29.3 Å². The second-order valence-corrected chi connectivity index (χ2v) is 6.47. The van der Waals surface area contributed by atoms with Crippen LogP contribution in [0.4, 0.5) is 4.39 Å². The molecule has 1 aromatic heterocycles. The van der Waals surface area contributed by atoms with E-state index < -0.39 is 0 Å². The van der Waals surface area contributed by atoms with Gasteiger partial charge in [0.2, 0.25) is 0 Å². The van der Waals surface area contributed by atoms with E-state index in [1.165, 1.54) is 12.1 Å². The van der Waals surface area contributed by atoms with Gasteiger partial charge >= 0.3 is 0 Å². The lowest BCUT2D eigenvalue weighted by molar-refractivity contribution is 0.198. The summed E-state index contributed by atoms with van der Waals surface area (Å²) < 4.78 is 21.3. The standard InChI is InChI=1S/C19H27FN6O/c1-3-15(27-16-8-5-7-14(20)11-16)12-22-19(21-4-2)23-13-18-25-24-17-9-6-10-26(17)18/h5,7-8,11,15H,3-4,6,9-10,12-13H2,1-2H3,(H2,21,22,23). The minimum Gasteiger partial charge on any atom is -0.489 e. The minimum absolute atomic E-state index is 0.0898. The van der Waals surface area contributed by atoms with Crippen LogP contribution in [-0.4, -0.2) is 39.9 Å². The highest BCUT2D eigenvalue weighted by molar-refractivity contribution is 5.79. The van der Waals surface area contributed by atoms with E-state index in [2.05, 4.69) is 30.4 Å². The molecule has 27 heavy (non-hydrogen) atoms. The number of rotatable bonds is 8. The highest BCUT2D eigenvalue weighted by atomic mass is 19.1. The third-order valence-electron chi connectivity index (χ3n) is 4.46. The third-order valence-corrected chi connectivity index (χ3v) is 4.46. The summed E-state index contributed by atoms with van der Waals surface area (Å²) in [5.41, 5.74) is 0. The SMILES string of the molecule is CCNC(=NCc1nnc2n1CCC2)NCC(CC)Oc1cccc(F)c1. The second-order valence-electron chi connectivity index (χ2n) is 6.47. The van der Waals surface area contributed by atoms with Crippen molar-refractivity contribution in [2.75, 3.05) is 13.1 Å². The normalized spacial score (nSPS) is 14.7. The molecule has 146 valence electrons. The van der Waals surface area contributed by atoms with E-state index in [4.69, 9.17) is 4.74 Å². The molecule has 3 rings (SSSR count). The van der Waals surface area contributed by atoms with Crippen LogP contribution in [0, 0.1) is 5.82 Å². The summed E-state index contributed by atoms with van der Waals surface area (Å²) in [6.45, 7) is 6.82. The number of nitrogens with one attached hydrogen (secondary N) is 2. The number of benzene rings is 1. The quantitative estimate of drug-likeness (QED) is 0.548. The molecule has 0 saturated carbocycles. The van der Waals surface area contributed by atoms with Gasteiger partial charge in [0.15, 0.2) is 11.8 Å². The molecule has 8 heteroatoms. The summed E-state index contributed by atoms with van der Waals surface area (Å²) in [6.07, 6.45) is 2.81. The Morgan fingerprint density at radius 3 is 3.00 bits per heavy atom. The van der Waals surface area contributed by atoms with Gasteiger partial charge in [-0.2, -0.15) is 0 Å². The molecule has 1 aliphatic heterocycles. The number of ether oxygens (including phenoxy) is 1. The maximum atomic E-state index is 13.3. The van der Waals surface area contributed by atoms with Gasteiger partial charge in [-0.1, -0.05) is 13.0 Å². The number of hydrogen-bond acceptors (Lipinski definition) is 4. The van der Waals surface area contributed by atoms with Crippen molar-refractivity contribution in [1.29, 1.82) is 0 Å². The summed E-state index contributed by atoms with van der Waals surface area (Å²) in [6, 6.07) is 6.21. The second kappa shape index (κ2) is 9.34. The Hall–Kier alpha value is -2.64. The molecule has 2 aromatic rings. The zero-order valence-electron chi connectivity index (χ0n) is 15.9. The number of hydrogen-bond donors (Lipinski definition) is 2. The molecule has 0 bridgehead atoms. The van der Waals surface area contributed by atoms with Gasteiger partial charge < -0.3 is 19.9 Å². The zero-order valence-corrected chi connectivity index (χ0v) is 15.9. The Kier molecular flexibility index (Phi) is 6.62. The summed E-state index contributed by atoms with van der Waals surface area (Å²) in [7, 11) is 0. The average Bonchev–Trinajstić information content (AvgIpc) is 3.27. The van der Waals surface area contributed by atoms with Gasteiger partial charge in [0.25, 0.3) is 0 Å². The fourth-order valence-electron chi connectivity index (χ4n) is 3.03. The van der Waals surface area contributed by atoms with Gasteiger partial charge in [-0.15, -0.1) is 10.2 Å². The molecule has 2 N–H and O–H groups in total. The summed E-state index contributed by atoms with van der Waals surface area (Å²) >= 11 is 0. The van der Waals surface area contributed by atoms with Crippen LogP contribution >= 0.6 is 0 Å². The van der Waals surface area contributed by atoms with Crippen LogP contribution in [0.2, 0.25) is 0 Å². The van der Waals surface area contributed by atoms with Crippen molar-refractivity contribution in [3.63, 3.8) is 0 Å². The van der Waals surface area contributed by atoms with Crippen LogP contribution in [0.25, 0.3) is 0 Å². The molecule has 0 radical (unpaired) electrons. The topological polar surface area (TPSA) is 76.4 Å². The van der Waals surface area contributed by atoms with Crippen molar-refractivity contribution < 1.29 is 9.13 Å². The third kappa shape index (κ3) is 5.18. The maximum Gasteiger partial charge on any atom is 0.191 e. The fraction of sp³-hybridized carbons (Fsp3) is 0.526. The van der Waals surface area contributed by atoms with Crippen molar-refractivity contribution in [3.05, 3.63) is 41.7 Å². The van der Waals surface area contributed by atoms with Crippen molar-refractivity contribution in [2.24, 2.45) is 4.99 Å². The van der Waals surface area contributed by atoms with Crippen LogP contribution in [0.1, 0.15) is 38.3 Å². The molecular formula is C19H27FN6O. The lowest BCUT2D eigenvalue weighted by Crippen LogP contribution is -2.42. The first-order valence-corrected chi connectivity index (χ1v) is 9.55. The molecule has 7 nitrogen and oxygen atoms in total. The van der Waals surface area contributed by atoms with Gasteiger partial charge in [-0.25, -0.2) is 9.38 Å². The van der Waals surface area contributed by atoms with Gasteiger partial charge in [-0.3, -0.25) is 0 Å². The smallest absolute Gasteiger partial charge is 0.191 e. The molecule has 2 heterocycles. The molecule has 1 unspecified atom stereocenters. The van der Waals surface area contributed by atoms with Crippen molar-refractivity contribution in [1.82, 2.24) is 25.4 Å². The molecule has 0 amide bonds. The number of nitrogens with zero attached hydrogens (tertiary/aromatic N) is 4. The first-order chi connectivity index (χ1) is 13.2. The molecule has 1 atom stereocenters. The molecule has 1 aliphatic rings. The minimum atomic E-state index is -0.300. The number of fused-ring (bicyclic) bond motifs is 1. The van der Waals surface area contributed by atoms with Crippen molar-refractivity contribution in [3.8, 4) is 5.75 Å². The number of aliphatic imine (C=N–C) groups is 1. The average molecular weight is 374 g/mol. The number of halogens is 1. The molecule has 0 fully saturated rings. The predicted molar refractivity (Wildman–Crippen MR) is 102 cm³/mol. The van der Waals surface area contributed by atoms with Gasteiger partial charge in [0, 0.05) is 25.6 Å². The highest BCUT2D eigenvalue weighted by Gasteiger charge is 2.17. The fourth-order valence-corrected chi connectivity index (χ4v) is 3.03. The van der Waals surface area contributed by atoms with E-state index in [0.717, 1.165) is 44.0 Å². The number of aromatic nitrogens is 3. The molecule has 0 aliphatic carbocycles. The Balaban J connectivity index is 1.57. The Morgan fingerprint density at radius 2 is 2.22 bits per heavy atom. The Bertz CT molecular complexity index is 775. The van der Waals surface area contributed by atoms with Crippen molar-refractivity contribution >= 4 is 5.96 Å². The lowest BCUT2D eigenvalue weighted by Gasteiger charge is -2.20. The largest absolute Gasteiger partial charge is 0.489 e. The van der Waals surface area contributed by atoms with E-state index in [-0.39, 0.29) is 11.9 Å². The number of aryl methyl sites for hydroxylation is 1. The van der Waals surface area contributed by atoms with Crippen LogP contribution in [0.3, 0.4) is 0 Å². The van der Waals surface area contributed by atoms with Crippen LogP contribution in [0.5, 0.6) is 5.75 Å². The zero-order chi connectivity index (χ0) is 19.1. The van der Waals surface area contributed by atoms with Gasteiger partial charge in [0.1, 0.15) is 30.0 Å².